The monoisotopic (exact) mass is 165 g/mol. The van der Waals surface area contributed by atoms with E-state index < -0.39 is 0 Å². The Labute approximate surface area is 71.1 Å². The molecule has 1 aliphatic heterocycles. The average Bonchev–Trinajstić information content (AvgIpc) is 2.01. The summed E-state index contributed by atoms with van der Waals surface area (Å²) in [7, 11) is 0. The Morgan fingerprint density at radius 3 is 2.25 bits per heavy atom. The first-order valence-corrected chi connectivity index (χ1v) is 3.92. The van der Waals surface area contributed by atoms with E-state index >= 15 is 0 Å². The number of benzene rings is 1. The van der Waals surface area contributed by atoms with Gasteiger partial charge in [0, 0.05) is 11.3 Å². The van der Waals surface area contributed by atoms with Crippen molar-refractivity contribution >= 4 is 5.69 Å². The van der Waals surface area contributed by atoms with Crippen LogP contribution >= 0.6 is 0 Å². The van der Waals surface area contributed by atoms with E-state index in [9.17, 15) is 0 Å². The van der Waals surface area contributed by atoms with Crippen LogP contribution in [0, 0.1) is 0 Å². The summed E-state index contributed by atoms with van der Waals surface area (Å²) in [6.07, 6.45) is -0.270. The van der Waals surface area contributed by atoms with E-state index in [1.807, 2.05) is 31.2 Å². The van der Waals surface area contributed by atoms with Crippen molar-refractivity contribution in [2.24, 2.45) is 0 Å². The lowest BCUT2D eigenvalue weighted by Crippen LogP contribution is -2.31. The fraction of sp³-hybridized carbons (Fsp3) is 0.333. The van der Waals surface area contributed by atoms with Crippen molar-refractivity contribution in [2.45, 2.75) is 19.5 Å². The quantitative estimate of drug-likeness (QED) is 0.643. The van der Waals surface area contributed by atoms with Gasteiger partial charge in [0.05, 0.1) is 0 Å². The average molecular weight is 165 g/mol. The zero-order chi connectivity index (χ0) is 8.55. The Kier molecular flexibility index (Phi) is 1.75. The maximum Gasteiger partial charge on any atom is 0.189 e. The number of nitrogens with two attached hydrogens (primary N) is 1. The second-order valence-electron chi connectivity index (χ2n) is 2.84. The molecule has 1 fully saturated rings. The molecule has 1 saturated heterocycles. The molecule has 0 radical (unpaired) electrons. The first-order valence-electron chi connectivity index (χ1n) is 3.92. The van der Waals surface area contributed by atoms with Gasteiger partial charge >= 0.3 is 0 Å². The highest BCUT2D eigenvalue weighted by atomic mass is 16.9. The Hall–Kier alpha value is -1.06. The first-order chi connectivity index (χ1) is 5.75. The minimum Gasteiger partial charge on any atom is -0.399 e. The summed E-state index contributed by atoms with van der Waals surface area (Å²) in [6.45, 7) is 1.87. The predicted octanol–water partition coefficient (Wildman–Crippen LogP) is 1.66. The summed E-state index contributed by atoms with van der Waals surface area (Å²) < 4.78 is 10.6. The van der Waals surface area contributed by atoms with Crippen molar-refractivity contribution in [2.75, 3.05) is 5.73 Å². The maximum absolute atomic E-state index is 5.53. The fourth-order valence-electron chi connectivity index (χ4n) is 1.17. The lowest BCUT2D eigenvalue weighted by Gasteiger charge is -2.33. The highest BCUT2D eigenvalue weighted by Gasteiger charge is 2.27. The highest BCUT2D eigenvalue weighted by Crippen LogP contribution is 2.31. The third kappa shape index (κ3) is 1.29. The number of nitrogen functional groups attached to an aromatic ring is 1. The van der Waals surface area contributed by atoms with Crippen LogP contribution in [0.2, 0.25) is 0 Å². The zero-order valence-electron chi connectivity index (χ0n) is 6.86. The molecule has 0 bridgehead atoms. The molecule has 1 aromatic carbocycles. The minimum absolute atomic E-state index is 0.0763. The molecule has 1 aromatic rings. The zero-order valence-corrected chi connectivity index (χ0v) is 6.86. The van der Waals surface area contributed by atoms with Gasteiger partial charge in [0.15, 0.2) is 12.6 Å². The number of anilines is 1. The standard InChI is InChI=1S/C9H11NO2/c1-6-11-9(12-6)7-2-4-8(10)5-3-7/h2-6,9H,10H2,1H3. The SMILES string of the molecule is CC1OC(c2ccc(N)cc2)O1. The van der Waals surface area contributed by atoms with Gasteiger partial charge in [0.1, 0.15) is 0 Å². The van der Waals surface area contributed by atoms with Crippen LogP contribution in [0.15, 0.2) is 24.3 Å². The van der Waals surface area contributed by atoms with E-state index in [2.05, 4.69) is 0 Å². The van der Waals surface area contributed by atoms with Crippen molar-refractivity contribution in [3.63, 3.8) is 0 Å². The molecule has 0 unspecified atom stereocenters. The van der Waals surface area contributed by atoms with Crippen molar-refractivity contribution < 1.29 is 9.47 Å². The summed E-state index contributed by atoms with van der Waals surface area (Å²) in [6, 6.07) is 7.49. The Morgan fingerprint density at radius 1 is 1.17 bits per heavy atom. The number of hydrogen-bond donors (Lipinski definition) is 1. The van der Waals surface area contributed by atoms with Crippen LogP contribution in [0.4, 0.5) is 5.69 Å². The van der Waals surface area contributed by atoms with E-state index in [0.29, 0.717) is 0 Å². The summed E-state index contributed by atoms with van der Waals surface area (Å²) in [4.78, 5) is 0. The molecule has 0 aliphatic carbocycles. The number of rotatable bonds is 1. The van der Waals surface area contributed by atoms with Crippen molar-refractivity contribution in [3.05, 3.63) is 29.8 Å². The number of hydrogen-bond acceptors (Lipinski definition) is 3. The molecular weight excluding hydrogens is 154 g/mol. The van der Waals surface area contributed by atoms with Crippen molar-refractivity contribution in [1.82, 2.24) is 0 Å². The Balaban J connectivity index is 2.09. The minimum atomic E-state index is -0.194. The van der Waals surface area contributed by atoms with Gasteiger partial charge in [-0.25, -0.2) is 0 Å². The first kappa shape index (κ1) is 7.58. The lowest BCUT2D eigenvalue weighted by atomic mass is 10.2. The number of ether oxygens (including phenoxy) is 2. The van der Waals surface area contributed by atoms with Crippen molar-refractivity contribution in [3.8, 4) is 0 Å². The molecule has 0 spiro atoms. The van der Waals surface area contributed by atoms with Crippen LogP contribution < -0.4 is 5.73 Å². The van der Waals surface area contributed by atoms with Gasteiger partial charge in [-0.05, 0) is 19.1 Å². The van der Waals surface area contributed by atoms with Gasteiger partial charge in [-0.2, -0.15) is 0 Å². The molecule has 0 aromatic heterocycles. The van der Waals surface area contributed by atoms with Gasteiger partial charge in [0.2, 0.25) is 0 Å². The van der Waals surface area contributed by atoms with Crippen LogP contribution in [-0.4, -0.2) is 6.29 Å². The third-order valence-electron chi connectivity index (χ3n) is 1.84. The molecule has 64 valence electrons. The normalized spacial score (nSPS) is 28.1. The molecular formula is C9H11NO2. The Morgan fingerprint density at radius 2 is 1.75 bits per heavy atom. The second kappa shape index (κ2) is 2.77. The molecule has 2 rings (SSSR count). The smallest absolute Gasteiger partial charge is 0.189 e. The molecule has 2 N–H and O–H groups in total. The van der Waals surface area contributed by atoms with Crippen LogP contribution in [0.5, 0.6) is 0 Å². The van der Waals surface area contributed by atoms with E-state index in [0.717, 1.165) is 11.3 Å². The Bertz CT molecular complexity index is 264. The van der Waals surface area contributed by atoms with Gasteiger partial charge in [-0.15, -0.1) is 0 Å². The van der Waals surface area contributed by atoms with E-state index in [1.165, 1.54) is 0 Å². The van der Waals surface area contributed by atoms with Crippen LogP contribution in [0.25, 0.3) is 0 Å². The van der Waals surface area contributed by atoms with Gasteiger partial charge in [-0.1, -0.05) is 12.1 Å². The fourth-order valence-corrected chi connectivity index (χ4v) is 1.17. The molecule has 1 heterocycles. The molecule has 0 atom stereocenters. The molecule has 1 aliphatic rings. The van der Waals surface area contributed by atoms with E-state index in [1.54, 1.807) is 0 Å². The van der Waals surface area contributed by atoms with Gasteiger partial charge in [-0.3, -0.25) is 0 Å². The molecule has 12 heavy (non-hydrogen) atoms. The molecule has 3 nitrogen and oxygen atoms in total. The molecule has 0 amide bonds. The molecule has 0 saturated carbocycles. The van der Waals surface area contributed by atoms with Crippen LogP contribution in [0.1, 0.15) is 18.8 Å². The van der Waals surface area contributed by atoms with Crippen molar-refractivity contribution in [1.29, 1.82) is 0 Å². The summed E-state index contributed by atoms with van der Waals surface area (Å²) in [5.74, 6) is 0. The maximum atomic E-state index is 5.53. The lowest BCUT2D eigenvalue weighted by molar-refractivity contribution is -0.382. The largest absolute Gasteiger partial charge is 0.399 e. The summed E-state index contributed by atoms with van der Waals surface area (Å²) in [5, 5.41) is 0. The van der Waals surface area contributed by atoms with E-state index in [-0.39, 0.29) is 12.6 Å². The van der Waals surface area contributed by atoms with Crippen LogP contribution in [-0.2, 0) is 9.47 Å². The third-order valence-corrected chi connectivity index (χ3v) is 1.84. The van der Waals surface area contributed by atoms with Gasteiger partial charge in [0.25, 0.3) is 0 Å². The van der Waals surface area contributed by atoms with E-state index in [4.69, 9.17) is 15.2 Å². The molecule has 3 heteroatoms. The van der Waals surface area contributed by atoms with Gasteiger partial charge < -0.3 is 15.2 Å². The summed E-state index contributed by atoms with van der Waals surface area (Å²) >= 11 is 0. The van der Waals surface area contributed by atoms with Crippen LogP contribution in [0.3, 0.4) is 0 Å². The highest BCUT2D eigenvalue weighted by molar-refractivity contribution is 5.39. The topological polar surface area (TPSA) is 44.5 Å². The second-order valence-corrected chi connectivity index (χ2v) is 2.84. The summed E-state index contributed by atoms with van der Waals surface area (Å²) in [5.41, 5.74) is 7.30. The predicted molar refractivity (Wildman–Crippen MR) is 45.2 cm³/mol.